The number of carbonyl (C=O) groups is 1. The van der Waals surface area contributed by atoms with E-state index in [-0.39, 0.29) is 35.7 Å². The van der Waals surface area contributed by atoms with Crippen LogP contribution in [-0.2, 0) is 4.79 Å². The molecule has 0 radical (unpaired) electrons. The number of nitrogens with zero attached hydrogens (tertiary/aromatic N) is 2. The minimum atomic E-state index is -3.00. The maximum absolute atomic E-state index is 14.3. The summed E-state index contributed by atoms with van der Waals surface area (Å²) < 4.78 is 45.2. The van der Waals surface area contributed by atoms with Crippen LogP contribution in [-0.4, -0.2) is 40.1 Å². The molecule has 1 heterocycles. The molecule has 1 aromatic carbocycles. The van der Waals surface area contributed by atoms with Gasteiger partial charge in [0.15, 0.2) is 11.6 Å². The number of hydrogen-bond acceptors (Lipinski definition) is 6. The minimum absolute atomic E-state index is 0.0528. The minimum Gasteiger partial charge on any atom is -0.475 e. The maximum Gasteiger partial charge on any atom is 0.297 e. The van der Waals surface area contributed by atoms with Gasteiger partial charge in [-0.2, -0.15) is 4.98 Å². The number of anilines is 1. The van der Waals surface area contributed by atoms with Crippen molar-refractivity contribution in [2.45, 2.75) is 25.8 Å². The molecule has 0 spiro atoms. The molecule has 2 rings (SSSR count). The zero-order chi connectivity index (χ0) is 17.9. The van der Waals surface area contributed by atoms with E-state index in [2.05, 4.69) is 15.3 Å². The number of fused-ring (bicyclic) bond motifs is 1. The van der Waals surface area contributed by atoms with E-state index >= 15 is 0 Å². The quantitative estimate of drug-likeness (QED) is 0.752. The first kappa shape index (κ1) is 17.9. The standard InChI is InChI=1S/C15H16F3N3O3/c1-15(2,7-23)21-8-5-9-11(10(16)6-8)19-13(12(17)18)20-14(9)24-4-3-22/h5-7,12,21-22H,3-4H2,1-2H3. The number of aliphatic hydroxyl groups is 1. The van der Waals surface area contributed by atoms with Gasteiger partial charge in [0.05, 0.1) is 17.5 Å². The molecule has 0 bridgehead atoms. The Bertz CT molecular complexity index is 754. The molecule has 2 N–H and O–H groups in total. The molecule has 0 aliphatic heterocycles. The molecule has 6 nitrogen and oxygen atoms in total. The number of rotatable bonds is 7. The lowest BCUT2D eigenvalue weighted by Crippen LogP contribution is -2.32. The lowest BCUT2D eigenvalue weighted by Gasteiger charge is -2.21. The zero-order valence-corrected chi connectivity index (χ0v) is 13.0. The molecule has 24 heavy (non-hydrogen) atoms. The molecule has 0 saturated heterocycles. The van der Waals surface area contributed by atoms with Crippen molar-refractivity contribution < 1.29 is 27.8 Å². The number of carbonyl (C=O) groups excluding carboxylic acids is 1. The predicted octanol–water partition coefficient (Wildman–Crippen LogP) is 2.47. The van der Waals surface area contributed by atoms with Gasteiger partial charge in [0.25, 0.3) is 6.43 Å². The van der Waals surface area contributed by atoms with Crippen LogP contribution in [0.4, 0.5) is 18.9 Å². The summed E-state index contributed by atoms with van der Waals surface area (Å²) in [7, 11) is 0. The van der Waals surface area contributed by atoms with Crippen LogP contribution in [0.5, 0.6) is 5.88 Å². The molecule has 2 aromatic rings. The number of aliphatic hydroxyl groups excluding tert-OH is 1. The average molecular weight is 343 g/mol. The summed E-state index contributed by atoms with van der Waals surface area (Å²) >= 11 is 0. The van der Waals surface area contributed by atoms with Gasteiger partial charge in [-0.1, -0.05) is 0 Å². The van der Waals surface area contributed by atoms with Crippen LogP contribution in [0.1, 0.15) is 26.1 Å². The Morgan fingerprint density at radius 1 is 1.38 bits per heavy atom. The van der Waals surface area contributed by atoms with Crippen LogP contribution < -0.4 is 10.1 Å². The van der Waals surface area contributed by atoms with Crippen molar-refractivity contribution in [1.82, 2.24) is 9.97 Å². The molecular formula is C15H16F3N3O3. The number of aldehydes is 1. The van der Waals surface area contributed by atoms with Crippen LogP contribution in [0, 0.1) is 5.82 Å². The maximum atomic E-state index is 14.3. The monoisotopic (exact) mass is 343 g/mol. The molecule has 0 aliphatic rings. The Morgan fingerprint density at radius 2 is 2.08 bits per heavy atom. The number of benzene rings is 1. The lowest BCUT2D eigenvalue weighted by molar-refractivity contribution is -0.110. The smallest absolute Gasteiger partial charge is 0.297 e. The van der Waals surface area contributed by atoms with Gasteiger partial charge in [-0.15, -0.1) is 0 Å². The molecule has 130 valence electrons. The van der Waals surface area contributed by atoms with Crippen molar-refractivity contribution in [3.63, 3.8) is 0 Å². The Kier molecular flexibility index (Phi) is 5.23. The van der Waals surface area contributed by atoms with Crippen molar-refractivity contribution in [2.75, 3.05) is 18.5 Å². The van der Waals surface area contributed by atoms with Gasteiger partial charge in [0.2, 0.25) is 5.88 Å². The van der Waals surface area contributed by atoms with E-state index in [9.17, 15) is 18.0 Å². The molecule has 1 aromatic heterocycles. The first-order valence-corrected chi connectivity index (χ1v) is 7.05. The van der Waals surface area contributed by atoms with Crippen LogP contribution in [0.2, 0.25) is 0 Å². The van der Waals surface area contributed by atoms with E-state index in [0.717, 1.165) is 6.07 Å². The van der Waals surface area contributed by atoms with Crippen molar-refractivity contribution in [3.05, 3.63) is 23.8 Å². The predicted molar refractivity (Wildman–Crippen MR) is 80.8 cm³/mol. The van der Waals surface area contributed by atoms with E-state index in [1.165, 1.54) is 6.07 Å². The van der Waals surface area contributed by atoms with Crippen molar-refractivity contribution >= 4 is 22.9 Å². The summed E-state index contributed by atoms with van der Waals surface area (Å²) in [5, 5.41) is 11.7. The average Bonchev–Trinajstić information content (AvgIpc) is 2.52. The molecule has 0 fully saturated rings. The van der Waals surface area contributed by atoms with Crippen LogP contribution in [0.15, 0.2) is 12.1 Å². The second kappa shape index (κ2) is 7.00. The van der Waals surface area contributed by atoms with Gasteiger partial charge in [-0.3, -0.25) is 0 Å². The van der Waals surface area contributed by atoms with Crippen molar-refractivity contribution in [3.8, 4) is 5.88 Å². The fourth-order valence-corrected chi connectivity index (χ4v) is 2.00. The normalized spacial score (nSPS) is 11.8. The fourth-order valence-electron chi connectivity index (χ4n) is 2.00. The third-order valence-corrected chi connectivity index (χ3v) is 3.02. The highest BCUT2D eigenvalue weighted by molar-refractivity contribution is 5.88. The summed E-state index contributed by atoms with van der Waals surface area (Å²) in [4.78, 5) is 18.1. The summed E-state index contributed by atoms with van der Waals surface area (Å²) in [5.41, 5.74) is -1.06. The van der Waals surface area contributed by atoms with E-state index < -0.39 is 23.6 Å². The Hall–Kier alpha value is -2.42. The van der Waals surface area contributed by atoms with Crippen molar-refractivity contribution in [2.24, 2.45) is 0 Å². The third kappa shape index (κ3) is 3.91. The number of aromatic nitrogens is 2. The first-order valence-electron chi connectivity index (χ1n) is 7.05. The number of ether oxygens (including phenoxy) is 1. The van der Waals surface area contributed by atoms with Gasteiger partial charge in [0.1, 0.15) is 18.4 Å². The molecule has 0 atom stereocenters. The summed E-state index contributed by atoms with van der Waals surface area (Å²) in [6, 6.07) is 2.44. The van der Waals surface area contributed by atoms with Crippen LogP contribution in [0.3, 0.4) is 0 Å². The fraction of sp³-hybridized carbons (Fsp3) is 0.400. The van der Waals surface area contributed by atoms with E-state index in [1.807, 2.05) is 0 Å². The molecular weight excluding hydrogens is 327 g/mol. The zero-order valence-electron chi connectivity index (χ0n) is 13.0. The highest BCUT2D eigenvalue weighted by Crippen LogP contribution is 2.31. The molecule has 0 saturated carbocycles. The second-order valence-corrected chi connectivity index (χ2v) is 5.58. The Labute approximate surface area is 135 Å². The second-order valence-electron chi connectivity index (χ2n) is 5.58. The number of halogens is 3. The van der Waals surface area contributed by atoms with Gasteiger partial charge in [-0.25, -0.2) is 18.2 Å². The SMILES string of the molecule is CC(C)(C=O)Nc1cc(F)c2nc(C(F)F)nc(OCCO)c2c1. The molecule has 0 amide bonds. The van der Waals surface area contributed by atoms with E-state index in [1.54, 1.807) is 13.8 Å². The number of hydrogen-bond donors (Lipinski definition) is 2. The number of nitrogens with one attached hydrogen (secondary N) is 1. The van der Waals surface area contributed by atoms with Crippen molar-refractivity contribution in [1.29, 1.82) is 0 Å². The lowest BCUT2D eigenvalue weighted by atomic mass is 10.1. The van der Waals surface area contributed by atoms with Gasteiger partial charge < -0.3 is 20.0 Å². The third-order valence-electron chi connectivity index (χ3n) is 3.02. The largest absolute Gasteiger partial charge is 0.475 e. The van der Waals surface area contributed by atoms with Crippen LogP contribution >= 0.6 is 0 Å². The summed E-state index contributed by atoms with van der Waals surface area (Å²) in [6.07, 6.45) is -2.36. The van der Waals surface area contributed by atoms with Gasteiger partial charge in [-0.05, 0) is 26.0 Å². The number of alkyl halides is 2. The van der Waals surface area contributed by atoms with Crippen LogP contribution in [0.25, 0.3) is 10.9 Å². The van der Waals surface area contributed by atoms with Gasteiger partial charge >= 0.3 is 0 Å². The van der Waals surface area contributed by atoms with E-state index in [4.69, 9.17) is 9.84 Å². The molecule has 0 unspecified atom stereocenters. The highest BCUT2D eigenvalue weighted by Gasteiger charge is 2.21. The Morgan fingerprint density at radius 3 is 2.67 bits per heavy atom. The first-order chi connectivity index (χ1) is 11.3. The molecule has 0 aliphatic carbocycles. The van der Waals surface area contributed by atoms with Gasteiger partial charge in [0, 0.05) is 5.69 Å². The Balaban J connectivity index is 2.61. The topological polar surface area (TPSA) is 84.3 Å². The van der Waals surface area contributed by atoms with E-state index in [0.29, 0.717) is 6.29 Å². The molecule has 9 heteroatoms. The summed E-state index contributed by atoms with van der Waals surface area (Å²) in [5.74, 6) is -2.01. The summed E-state index contributed by atoms with van der Waals surface area (Å²) in [6.45, 7) is 2.60. The highest BCUT2D eigenvalue weighted by atomic mass is 19.3.